The molecular formula is C23H23N5O8. The number of carbonyl (C=O) groups excluding carboxylic acids is 2. The molecule has 0 atom stereocenters. The summed E-state index contributed by atoms with van der Waals surface area (Å²) in [5, 5.41) is 24.1. The maximum atomic E-state index is 11.1. The monoisotopic (exact) mass is 497 g/mol. The fraction of sp³-hybridized carbons (Fsp3) is 0.130. The molecule has 0 aromatic heterocycles. The van der Waals surface area contributed by atoms with Crippen LogP contribution in [0.15, 0.2) is 66.7 Å². The Morgan fingerprint density at radius 2 is 1.31 bits per heavy atom. The van der Waals surface area contributed by atoms with Crippen molar-refractivity contribution >= 4 is 40.1 Å². The van der Waals surface area contributed by atoms with Gasteiger partial charge in [0.25, 0.3) is 11.4 Å². The van der Waals surface area contributed by atoms with Gasteiger partial charge in [0, 0.05) is 5.69 Å². The van der Waals surface area contributed by atoms with Crippen molar-refractivity contribution in [3.63, 3.8) is 0 Å². The molecule has 3 aromatic carbocycles. The fourth-order valence-corrected chi connectivity index (χ4v) is 2.66. The number of para-hydroxylation sites is 1. The van der Waals surface area contributed by atoms with E-state index in [4.69, 9.17) is 20.9 Å². The Balaban J connectivity index is 0.000000297. The Labute approximate surface area is 204 Å². The molecule has 1 amide bonds. The number of carbonyl (C=O) groups is 2. The minimum absolute atomic E-state index is 0.0115. The minimum atomic E-state index is -0.633. The van der Waals surface area contributed by atoms with Crippen LogP contribution < -0.4 is 26.3 Å². The summed E-state index contributed by atoms with van der Waals surface area (Å²) in [7, 11) is 0. The summed E-state index contributed by atoms with van der Waals surface area (Å²) in [6.07, 6.45) is -0.0606. The highest BCUT2D eigenvalue weighted by molar-refractivity contribution is 6.03. The number of nitro groups is 2. The summed E-state index contributed by atoms with van der Waals surface area (Å²) in [6.45, 7) is 1.09. The van der Waals surface area contributed by atoms with Gasteiger partial charge in [-0.3, -0.25) is 29.8 Å². The third kappa shape index (κ3) is 8.62. The summed E-state index contributed by atoms with van der Waals surface area (Å²) in [5.74, 6) is -0.0428. The Hall–Kier alpha value is -5.20. The van der Waals surface area contributed by atoms with Gasteiger partial charge in [0.05, 0.1) is 28.4 Å². The molecule has 0 aliphatic heterocycles. The van der Waals surface area contributed by atoms with Gasteiger partial charge in [-0.15, -0.1) is 0 Å². The fourth-order valence-electron chi connectivity index (χ4n) is 2.66. The molecule has 0 aliphatic rings. The van der Waals surface area contributed by atoms with Crippen molar-refractivity contribution in [1.29, 1.82) is 0 Å². The zero-order chi connectivity index (χ0) is 26.7. The number of nitrogens with two attached hydrogens (primary N) is 2. The normalized spacial score (nSPS) is 9.81. The van der Waals surface area contributed by atoms with Gasteiger partial charge < -0.3 is 26.3 Å². The number of nitrogens with one attached hydrogen (secondary N) is 1. The Bertz CT molecular complexity index is 1190. The van der Waals surface area contributed by atoms with Crippen LogP contribution in [-0.4, -0.2) is 28.3 Å². The van der Waals surface area contributed by atoms with Crippen molar-refractivity contribution < 1.29 is 28.9 Å². The lowest BCUT2D eigenvalue weighted by molar-refractivity contribution is -0.384. The average Bonchev–Trinajstić information content (AvgIpc) is 2.81. The van der Waals surface area contributed by atoms with Crippen LogP contribution in [0, 0.1) is 20.2 Å². The number of nitrogens with zero attached hydrogens (tertiary/aromatic N) is 2. The molecule has 0 heterocycles. The van der Waals surface area contributed by atoms with Gasteiger partial charge >= 0.3 is 0 Å². The first-order chi connectivity index (χ1) is 17.1. The lowest BCUT2D eigenvalue weighted by atomic mass is 10.2. The zero-order valence-corrected chi connectivity index (χ0v) is 19.1. The second kappa shape index (κ2) is 12.9. The molecule has 3 aromatic rings. The number of anilines is 3. The Kier molecular flexibility index (Phi) is 9.68. The highest BCUT2D eigenvalue weighted by Crippen LogP contribution is 2.28. The van der Waals surface area contributed by atoms with E-state index in [9.17, 15) is 29.8 Å². The molecule has 13 heteroatoms. The van der Waals surface area contributed by atoms with Crippen LogP contribution in [0.25, 0.3) is 0 Å². The van der Waals surface area contributed by atoms with E-state index in [-0.39, 0.29) is 59.2 Å². The SMILES string of the molecule is CC(=O)CC(=O)Nc1ccccc1.Nc1ccc(OCOc2ccc(N)c([N+](=O)[O-])c2)cc1[N+](=O)[O-]. The predicted octanol–water partition coefficient (Wildman–Crippen LogP) is 3.69. The lowest BCUT2D eigenvalue weighted by Gasteiger charge is -2.09. The Morgan fingerprint density at radius 3 is 1.72 bits per heavy atom. The van der Waals surface area contributed by atoms with Gasteiger partial charge in [-0.2, -0.15) is 0 Å². The quantitative estimate of drug-likeness (QED) is 0.129. The summed E-state index contributed by atoms with van der Waals surface area (Å²) < 4.78 is 10.4. The third-order valence-corrected chi connectivity index (χ3v) is 4.32. The molecule has 0 saturated carbocycles. The van der Waals surface area contributed by atoms with Crippen LogP contribution in [0.3, 0.4) is 0 Å². The molecule has 0 saturated heterocycles. The predicted molar refractivity (Wildman–Crippen MR) is 132 cm³/mol. The van der Waals surface area contributed by atoms with Gasteiger partial charge in [-0.25, -0.2) is 0 Å². The first kappa shape index (κ1) is 27.0. The molecule has 36 heavy (non-hydrogen) atoms. The average molecular weight is 497 g/mol. The van der Waals surface area contributed by atoms with Crippen LogP contribution in [0.4, 0.5) is 28.4 Å². The maximum absolute atomic E-state index is 11.1. The summed E-state index contributed by atoms with van der Waals surface area (Å²) >= 11 is 0. The molecule has 188 valence electrons. The number of amides is 1. The number of nitro benzene ring substituents is 2. The molecule has 0 unspecified atom stereocenters. The number of nitrogen functional groups attached to an aromatic ring is 2. The van der Waals surface area contributed by atoms with E-state index in [1.54, 1.807) is 12.1 Å². The van der Waals surface area contributed by atoms with Gasteiger partial charge in [-0.1, -0.05) is 18.2 Å². The van der Waals surface area contributed by atoms with E-state index in [0.717, 1.165) is 12.1 Å². The van der Waals surface area contributed by atoms with Gasteiger partial charge in [0.2, 0.25) is 12.7 Å². The molecular weight excluding hydrogens is 474 g/mol. The van der Waals surface area contributed by atoms with Gasteiger partial charge in [0.15, 0.2) is 0 Å². The lowest BCUT2D eigenvalue weighted by Crippen LogP contribution is -2.14. The number of rotatable bonds is 9. The van der Waals surface area contributed by atoms with Crippen molar-refractivity contribution in [1.82, 2.24) is 0 Å². The van der Waals surface area contributed by atoms with E-state index in [0.29, 0.717) is 5.69 Å². The topological polar surface area (TPSA) is 203 Å². The van der Waals surface area contributed by atoms with Crippen LogP contribution in [0.5, 0.6) is 11.5 Å². The van der Waals surface area contributed by atoms with Crippen molar-refractivity contribution in [2.75, 3.05) is 23.6 Å². The van der Waals surface area contributed by atoms with E-state index >= 15 is 0 Å². The number of Topliss-reactive ketones (excluding diaryl/α,β-unsaturated/α-hetero) is 1. The Morgan fingerprint density at radius 1 is 0.833 bits per heavy atom. The first-order valence-electron chi connectivity index (χ1n) is 10.2. The molecule has 0 spiro atoms. The van der Waals surface area contributed by atoms with Crippen LogP contribution in [0.2, 0.25) is 0 Å². The zero-order valence-electron chi connectivity index (χ0n) is 19.1. The van der Waals surface area contributed by atoms with E-state index < -0.39 is 9.85 Å². The van der Waals surface area contributed by atoms with Crippen molar-refractivity contribution in [2.24, 2.45) is 0 Å². The number of hydrogen-bond donors (Lipinski definition) is 3. The first-order valence-corrected chi connectivity index (χ1v) is 10.2. The number of ether oxygens (including phenoxy) is 2. The molecule has 0 radical (unpaired) electrons. The molecule has 0 fully saturated rings. The van der Waals surface area contributed by atoms with Crippen molar-refractivity contribution in [3.05, 3.63) is 87.0 Å². The largest absolute Gasteiger partial charge is 0.457 e. The number of benzene rings is 3. The summed E-state index contributed by atoms with van der Waals surface area (Å²) in [6, 6.07) is 16.9. The van der Waals surface area contributed by atoms with Crippen LogP contribution >= 0.6 is 0 Å². The maximum Gasteiger partial charge on any atom is 0.295 e. The highest BCUT2D eigenvalue weighted by atomic mass is 16.7. The minimum Gasteiger partial charge on any atom is -0.457 e. The van der Waals surface area contributed by atoms with Crippen LogP contribution in [-0.2, 0) is 9.59 Å². The van der Waals surface area contributed by atoms with Crippen molar-refractivity contribution in [3.8, 4) is 11.5 Å². The standard InChI is InChI=1S/C13H12N4O6.C10H11NO2/c14-10-3-1-8(5-12(10)16(18)19)22-7-23-9-2-4-11(15)13(6-9)17(20)21;1-8(12)7-10(13)11-9-5-3-2-4-6-9/h1-6H,7,14-15H2;2-6H,7H2,1H3,(H,11,13). The molecule has 0 bridgehead atoms. The molecule has 3 rings (SSSR count). The highest BCUT2D eigenvalue weighted by Gasteiger charge is 2.14. The second-order valence-electron chi connectivity index (χ2n) is 7.15. The van der Waals surface area contributed by atoms with Gasteiger partial charge in [-0.05, 0) is 43.3 Å². The summed E-state index contributed by atoms with van der Waals surface area (Å²) in [5.41, 5.74) is 11.1. The van der Waals surface area contributed by atoms with E-state index in [1.165, 1.54) is 31.2 Å². The molecule has 5 N–H and O–H groups in total. The number of hydrogen-bond acceptors (Lipinski definition) is 10. The van der Waals surface area contributed by atoms with E-state index in [1.807, 2.05) is 18.2 Å². The summed E-state index contributed by atoms with van der Waals surface area (Å²) in [4.78, 5) is 41.9. The second-order valence-corrected chi connectivity index (χ2v) is 7.15. The van der Waals surface area contributed by atoms with Crippen LogP contribution in [0.1, 0.15) is 13.3 Å². The third-order valence-electron chi connectivity index (χ3n) is 4.32. The number of ketones is 1. The molecule has 0 aliphatic carbocycles. The van der Waals surface area contributed by atoms with E-state index in [2.05, 4.69) is 5.32 Å². The van der Waals surface area contributed by atoms with Crippen molar-refractivity contribution in [2.45, 2.75) is 13.3 Å². The smallest absolute Gasteiger partial charge is 0.295 e. The van der Waals surface area contributed by atoms with Gasteiger partial charge in [0.1, 0.15) is 28.7 Å². The molecule has 13 nitrogen and oxygen atoms in total.